The number of carbonyl (C=O) groups is 1. The number of para-hydroxylation sites is 1. The number of nitrogens with zero attached hydrogens (tertiary/aromatic N) is 2. The van der Waals surface area contributed by atoms with Crippen molar-refractivity contribution in [3.05, 3.63) is 65.9 Å². The van der Waals surface area contributed by atoms with Crippen LogP contribution in [0.25, 0.3) is 22.0 Å². The summed E-state index contributed by atoms with van der Waals surface area (Å²) in [7, 11) is 0. The minimum absolute atomic E-state index is 0.0915. The highest BCUT2D eigenvalue weighted by Crippen LogP contribution is 2.34. The third-order valence-corrected chi connectivity index (χ3v) is 4.44. The fourth-order valence-electron chi connectivity index (χ4n) is 3.18. The Labute approximate surface area is 147 Å². The van der Waals surface area contributed by atoms with Crippen LogP contribution in [0.4, 0.5) is 0 Å². The summed E-state index contributed by atoms with van der Waals surface area (Å²) < 4.78 is 0. The van der Waals surface area contributed by atoms with Crippen molar-refractivity contribution in [2.24, 2.45) is 0 Å². The molecule has 0 saturated carbocycles. The molecule has 0 radical (unpaired) electrons. The number of hydrogen-bond donors (Lipinski definition) is 1. The van der Waals surface area contributed by atoms with E-state index in [4.69, 9.17) is 0 Å². The van der Waals surface area contributed by atoms with Crippen molar-refractivity contribution in [3.8, 4) is 11.1 Å². The van der Waals surface area contributed by atoms with Gasteiger partial charge in [-0.1, -0.05) is 48.5 Å². The first-order valence-electron chi connectivity index (χ1n) is 8.58. The van der Waals surface area contributed by atoms with E-state index in [9.17, 15) is 9.90 Å². The molecule has 1 aromatic heterocycles. The number of aromatic nitrogens is 1. The van der Waals surface area contributed by atoms with Crippen LogP contribution in [0.15, 0.2) is 54.6 Å². The van der Waals surface area contributed by atoms with Crippen LogP contribution in [-0.4, -0.2) is 34.0 Å². The summed E-state index contributed by atoms with van der Waals surface area (Å²) in [6, 6.07) is 17.6. The van der Waals surface area contributed by atoms with Gasteiger partial charge < -0.3 is 10.0 Å². The highest BCUT2D eigenvalue weighted by atomic mass is 16.3. The van der Waals surface area contributed by atoms with E-state index in [2.05, 4.69) is 4.98 Å². The first kappa shape index (κ1) is 17.1. The third-order valence-electron chi connectivity index (χ3n) is 4.44. The molecule has 0 bridgehead atoms. The van der Waals surface area contributed by atoms with Gasteiger partial charge in [-0.2, -0.15) is 0 Å². The van der Waals surface area contributed by atoms with E-state index < -0.39 is 0 Å². The molecule has 0 fully saturated rings. The highest BCUT2D eigenvalue weighted by Gasteiger charge is 2.24. The third kappa shape index (κ3) is 3.13. The van der Waals surface area contributed by atoms with E-state index in [-0.39, 0.29) is 12.5 Å². The number of aliphatic hydroxyl groups excluding tert-OH is 1. The van der Waals surface area contributed by atoms with Crippen LogP contribution in [0.1, 0.15) is 29.9 Å². The average molecular weight is 334 g/mol. The summed E-state index contributed by atoms with van der Waals surface area (Å²) in [5.41, 5.74) is 3.49. The van der Waals surface area contributed by atoms with Crippen molar-refractivity contribution >= 4 is 16.8 Å². The fraction of sp³-hybridized carbons (Fsp3) is 0.238. The Kier molecular flexibility index (Phi) is 5.10. The molecule has 3 rings (SSSR count). The van der Waals surface area contributed by atoms with E-state index >= 15 is 0 Å². The molecule has 25 heavy (non-hydrogen) atoms. The number of aliphatic hydroxyl groups is 1. The second kappa shape index (κ2) is 7.45. The molecule has 0 aliphatic heterocycles. The zero-order chi connectivity index (χ0) is 17.8. The molecule has 0 atom stereocenters. The second-order valence-corrected chi connectivity index (χ2v) is 5.83. The number of pyridine rings is 1. The Bertz CT molecular complexity index is 887. The predicted octanol–water partition coefficient (Wildman–Crippen LogP) is 3.88. The Balaban J connectivity index is 2.39. The van der Waals surface area contributed by atoms with Gasteiger partial charge in [0.1, 0.15) is 0 Å². The van der Waals surface area contributed by atoms with Crippen LogP contribution in [0.5, 0.6) is 0 Å². The van der Waals surface area contributed by atoms with Crippen LogP contribution >= 0.6 is 0 Å². The van der Waals surface area contributed by atoms with Gasteiger partial charge in [-0.15, -0.1) is 0 Å². The number of rotatable bonds is 5. The first-order chi connectivity index (χ1) is 12.2. The lowest BCUT2D eigenvalue weighted by Crippen LogP contribution is -2.32. The molecular formula is C21H22N2O2. The van der Waals surface area contributed by atoms with E-state index in [0.717, 1.165) is 22.0 Å². The smallest absolute Gasteiger partial charge is 0.256 e. The molecule has 3 aromatic rings. The van der Waals surface area contributed by atoms with Crippen molar-refractivity contribution in [1.29, 1.82) is 0 Å². The number of hydrogen-bond acceptors (Lipinski definition) is 3. The van der Waals surface area contributed by atoms with Crippen LogP contribution in [0.2, 0.25) is 0 Å². The number of fused-ring (bicyclic) bond motifs is 1. The van der Waals surface area contributed by atoms with Gasteiger partial charge in [0.15, 0.2) is 0 Å². The molecule has 1 amide bonds. The SMILES string of the molecule is CCN(CC)C(=O)c1c(CO)nc2ccccc2c1-c1ccccc1. The number of amides is 1. The normalized spacial score (nSPS) is 10.8. The van der Waals surface area contributed by atoms with Gasteiger partial charge in [-0.3, -0.25) is 4.79 Å². The van der Waals surface area contributed by atoms with Gasteiger partial charge in [-0.05, 0) is 25.5 Å². The molecule has 0 saturated heterocycles. The Morgan fingerprint density at radius 1 is 1.00 bits per heavy atom. The molecule has 0 aliphatic rings. The molecule has 0 unspecified atom stereocenters. The first-order valence-corrected chi connectivity index (χ1v) is 8.58. The summed E-state index contributed by atoms with van der Waals surface area (Å²) >= 11 is 0. The summed E-state index contributed by atoms with van der Waals surface area (Å²) in [6.07, 6.45) is 0. The number of carbonyl (C=O) groups excluding carboxylic acids is 1. The maximum absolute atomic E-state index is 13.2. The molecule has 4 nitrogen and oxygen atoms in total. The monoisotopic (exact) mass is 334 g/mol. The molecule has 2 aromatic carbocycles. The highest BCUT2D eigenvalue weighted by molar-refractivity contribution is 6.09. The zero-order valence-corrected chi connectivity index (χ0v) is 14.6. The zero-order valence-electron chi connectivity index (χ0n) is 14.6. The molecule has 0 spiro atoms. The largest absolute Gasteiger partial charge is 0.390 e. The van der Waals surface area contributed by atoms with E-state index in [0.29, 0.717) is 24.3 Å². The maximum atomic E-state index is 13.2. The summed E-state index contributed by atoms with van der Waals surface area (Å²) in [5, 5.41) is 10.8. The molecular weight excluding hydrogens is 312 g/mol. The average Bonchev–Trinajstić information content (AvgIpc) is 2.67. The van der Waals surface area contributed by atoms with Gasteiger partial charge in [0.2, 0.25) is 0 Å². The van der Waals surface area contributed by atoms with Crippen LogP contribution in [-0.2, 0) is 6.61 Å². The standard InChI is InChI=1S/C21H22N2O2/c1-3-23(4-2)21(25)20-18(14-24)22-17-13-9-8-12-16(17)19(20)15-10-6-5-7-11-15/h5-13,24H,3-4,14H2,1-2H3. The van der Waals surface area contributed by atoms with E-state index in [1.165, 1.54) is 0 Å². The fourth-order valence-corrected chi connectivity index (χ4v) is 3.18. The molecule has 128 valence electrons. The molecule has 1 heterocycles. The predicted molar refractivity (Wildman–Crippen MR) is 100 cm³/mol. The van der Waals surface area contributed by atoms with Crippen molar-refractivity contribution in [2.45, 2.75) is 20.5 Å². The van der Waals surface area contributed by atoms with Gasteiger partial charge in [0.25, 0.3) is 5.91 Å². The van der Waals surface area contributed by atoms with Crippen molar-refractivity contribution in [3.63, 3.8) is 0 Å². The van der Waals surface area contributed by atoms with Crippen molar-refractivity contribution < 1.29 is 9.90 Å². The van der Waals surface area contributed by atoms with Gasteiger partial charge in [0.05, 0.1) is 23.4 Å². The minimum Gasteiger partial charge on any atom is -0.390 e. The molecule has 1 N–H and O–H groups in total. The second-order valence-electron chi connectivity index (χ2n) is 5.83. The topological polar surface area (TPSA) is 53.4 Å². The minimum atomic E-state index is -0.271. The molecule has 4 heteroatoms. The Morgan fingerprint density at radius 3 is 2.28 bits per heavy atom. The lowest BCUT2D eigenvalue weighted by molar-refractivity contribution is 0.0770. The lowest BCUT2D eigenvalue weighted by atomic mass is 9.93. The van der Waals surface area contributed by atoms with Crippen molar-refractivity contribution in [1.82, 2.24) is 9.88 Å². The quantitative estimate of drug-likeness (QED) is 0.770. The van der Waals surface area contributed by atoms with Gasteiger partial charge in [0, 0.05) is 24.0 Å². The lowest BCUT2D eigenvalue weighted by Gasteiger charge is -2.23. The number of benzene rings is 2. The van der Waals surface area contributed by atoms with Gasteiger partial charge in [-0.25, -0.2) is 4.98 Å². The summed E-state index contributed by atoms with van der Waals surface area (Å²) in [4.78, 5) is 19.5. The van der Waals surface area contributed by atoms with E-state index in [1.807, 2.05) is 68.4 Å². The summed E-state index contributed by atoms with van der Waals surface area (Å²) in [5.74, 6) is -0.0915. The van der Waals surface area contributed by atoms with E-state index in [1.54, 1.807) is 4.90 Å². The summed E-state index contributed by atoms with van der Waals surface area (Å²) in [6.45, 7) is 4.86. The maximum Gasteiger partial charge on any atom is 0.256 e. The Morgan fingerprint density at radius 2 is 1.64 bits per heavy atom. The molecule has 0 aliphatic carbocycles. The van der Waals surface area contributed by atoms with Crippen LogP contribution in [0, 0.1) is 0 Å². The van der Waals surface area contributed by atoms with Crippen molar-refractivity contribution in [2.75, 3.05) is 13.1 Å². The van der Waals surface area contributed by atoms with Crippen LogP contribution in [0.3, 0.4) is 0 Å². The Hall–Kier alpha value is -2.72. The van der Waals surface area contributed by atoms with Crippen LogP contribution < -0.4 is 0 Å². The van der Waals surface area contributed by atoms with Gasteiger partial charge >= 0.3 is 0 Å².